The van der Waals surface area contributed by atoms with Crippen molar-refractivity contribution in [1.29, 1.82) is 0 Å². The Morgan fingerprint density at radius 3 is 2.73 bits per heavy atom. The molecule has 0 saturated heterocycles. The molecule has 33 heavy (non-hydrogen) atoms. The third kappa shape index (κ3) is 3.58. The molecule has 0 radical (unpaired) electrons. The van der Waals surface area contributed by atoms with Crippen LogP contribution in [0.25, 0.3) is 21.6 Å². The SMILES string of the molecule is Cc1nn(-c2ccccc2)c2sc(C(=O)C=C3NCCc4cc5c(cc43)OCCCO5)cc12. The fourth-order valence-corrected chi connectivity index (χ4v) is 5.47. The Kier molecular flexibility index (Phi) is 4.91. The van der Waals surface area contributed by atoms with Crippen LogP contribution in [0.15, 0.2) is 54.6 Å². The van der Waals surface area contributed by atoms with E-state index in [2.05, 4.69) is 16.5 Å². The zero-order chi connectivity index (χ0) is 22.4. The Hall–Kier alpha value is -3.58. The Bertz CT molecular complexity index is 1400. The van der Waals surface area contributed by atoms with Crippen molar-refractivity contribution >= 4 is 33.0 Å². The van der Waals surface area contributed by atoms with Gasteiger partial charge in [0.25, 0.3) is 0 Å². The van der Waals surface area contributed by atoms with Gasteiger partial charge in [-0.2, -0.15) is 5.10 Å². The molecule has 0 saturated carbocycles. The Labute approximate surface area is 195 Å². The molecule has 4 aromatic rings. The van der Waals surface area contributed by atoms with Gasteiger partial charge in [-0.05, 0) is 49.2 Å². The average molecular weight is 458 g/mol. The number of nitrogens with zero attached hydrogens (tertiary/aromatic N) is 2. The number of para-hydroxylation sites is 1. The van der Waals surface area contributed by atoms with Gasteiger partial charge in [-0.1, -0.05) is 18.2 Å². The van der Waals surface area contributed by atoms with Gasteiger partial charge in [0, 0.05) is 35.7 Å². The van der Waals surface area contributed by atoms with E-state index in [1.54, 1.807) is 6.08 Å². The van der Waals surface area contributed by atoms with Gasteiger partial charge >= 0.3 is 0 Å². The summed E-state index contributed by atoms with van der Waals surface area (Å²) in [6, 6.07) is 16.0. The summed E-state index contributed by atoms with van der Waals surface area (Å²) in [7, 11) is 0. The fourth-order valence-electron chi connectivity index (χ4n) is 4.38. The number of aromatic nitrogens is 2. The van der Waals surface area contributed by atoms with Crippen molar-refractivity contribution in [3.63, 3.8) is 0 Å². The minimum atomic E-state index is -0.0160. The third-order valence-electron chi connectivity index (χ3n) is 6.04. The third-order valence-corrected chi connectivity index (χ3v) is 7.16. The first kappa shape index (κ1) is 20.1. The monoisotopic (exact) mass is 457 g/mol. The lowest BCUT2D eigenvalue weighted by Gasteiger charge is -2.23. The first-order valence-corrected chi connectivity index (χ1v) is 12.0. The van der Waals surface area contributed by atoms with Crippen LogP contribution in [-0.2, 0) is 6.42 Å². The summed E-state index contributed by atoms with van der Waals surface area (Å²) in [6.45, 7) is 4.06. The quantitative estimate of drug-likeness (QED) is 0.349. The van der Waals surface area contributed by atoms with Crippen LogP contribution in [0.3, 0.4) is 0 Å². The second-order valence-corrected chi connectivity index (χ2v) is 9.30. The van der Waals surface area contributed by atoms with Crippen LogP contribution in [0.1, 0.15) is 32.9 Å². The van der Waals surface area contributed by atoms with Crippen molar-refractivity contribution in [3.8, 4) is 17.2 Å². The van der Waals surface area contributed by atoms with E-state index in [9.17, 15) is 4.79 Å². The van der Waals surface area contributed by atoms with E-state index in [-0.39, 0.29) is 5.78 Å². The predicted octanol–water partition coefficient (Wildman–Crippen LogP) is 4.93. The lowest BCUT2D eigenvalue weighted by atomic mass is 9.96. The summed E-state index contributed by atoms with van der Waals surface area (Å²) < 4.78 is 13.6. The topological polar surface area (TPSA) is 65.4 Å². The van der Waals surface area contributed by atoms with E-state index in [0.717, 1.165) is 63.7 Å². The van der Waals surface area contributed by atoms with Crippen molar-refractivity contribution in [2.24, 2.45) is 0 Å². The lowest BCUT2D eigenvalue weighted by molar-refractivity contribution is 0.105. The van der Waals surface area contributed by atoms with Gasteiger partial charge in [0.1, 0.15) is 4.83 Å². The molecule has 0 spiro atoms. The van der Waals surface area contributed by atoms with Crippen molar-refractivity contribution in [3.05, 3.63) is 76.3 Å². The van der Waals surface area contributed by atoms with Crippen molar-refractivity contribution in [2.75, 3.05) is 19.8 Å². The Balaban J connectivity index is 1.37. The molecule has 6 rings (SSSR count). The summed E-state index contributed by atoms with van der Waals surface area (Å²) in [6.07, 6.45) is 3.46. The largest absolute Gasteiger partial charge is 0.490 e. The number of hydrogen-bond donors (Lipinski definition) is 1. The summed E-state index contributed by atoms with van der Waals surface area (Å²) in [5, 5.41) is 9.09. The summed E-state index contributed by atoms with van der Waals surface area (Å²) in [5.41, 5.74) is 4.91. The van der Waals surface area contributed by atoms with Crippen molar-refractivity contribution in [2.45, 2.75) is 19.8 Å². The maximum atomic E-state index is 13.3. The van der Waals surface area contributed by atoms with Crippen LogP contribution >= 0.6 is 11.3 Å². The number of benzene rings is 2. The van der Waals surface area contributed by atoms with E-state index in [1.165, 1.54) is 16.9 Å². The number of rotatable bonds is 3. The van der Waals surface area contributed by atoms with E-state index in [1.807, 2.05) is 54.1 Å². The van der Waals surface area contributed by atoms with Crippen LogP contribution in [0.5, 0.6) is 11.5 Å². The molecule has 4 heterocycles. The number of nitrogens with one attached hydrogen (secondary N) is 1. The average Bonchev–Trinajstić information content (AvgIpc) is 3.31. The minimum absolute atomic E-state index is 0.0160. The number of allylic oxidation sites excluding steroid dienone is 1. The predicted molar refractivity (Wildman–Crippen MR) is 130 cm³/mol. The Morgan fingerprint density at radius 1 is 1.12 bits per heavy atom. The fraction of sp³-hybridized carbons (Fsp3) is 0.231. The highest BCUT2D eigenvalue weighted by atomic mass is 32.1. The van der Waals surface area contributed by atoms with Crippen LogP contribution in [-0.4, -0.2) is 35.3 Å². The lowest BCUT2D eigenvalue weighted by Crippen LogP contribution is -2.23. The maximum Gasteiger partial charge on any atom is 0.197 e. The summed E-state index contributed by atoms with van der Waals surface area (Å²) >= 11 is 1.48. The molecule has 7 heteroatoms. The van der Waals surface area contributed by atoms with Crippen molar-refractivity contribution < 1.29 is 14.3 Å². The second kappa shape index (κ2) is 8.08. The van der Waals surface area contributed by atoms with E-state index >= 15 is 0 Å². The molecule has 2 aliphatic rings. The number of fused-ring (bicyclic) bond motifs is 3. The molecule has 0 fully saturated rings. The molecular formula is C26H23N3O3S. The minimum Gasteiger partial charge on any atom is -0.490 e. The number of hydrogen-bond acceptors (Lipinski definition) is 6. The zero-order valence-corrected chi connectivity index (χ0v) is 19.1. The van der Waals surface area contributed by atoms with Gasteiger partial charge in [-0.15, -0.1) is 11.3 Å². The number of thiophene rings is 1. The van der Waals surface area contributed by atoms with Gasteiger partial charge < -0.3 is 14.8 Å². The summed E-state index contributed by atoms with van der Waals surface area (Å²) in [4.78, 5) is 15.0. The first-order chi connectivity index (χ1) is 16.2. The molecule has 1 N–H and O–H groups in total. The molecule has 2 aliphatic heterocycles. The van der Waals surface area contributed by atoms with Gasteiger partial charge in [0.2, 0.25) is 0 Å². The number of ketones is 1. The summed E-state index contributed by atoms with van der Waals surface area (Å²) in [5.74, 6) is 1.52. The van der Waals surface area contributed by atoms with E-state index in [0.29, 0.717) is 18.1 Å². The standard InChI is InChI=1S/C26H23N3O3S/c1-16-19-14-25(33-26(19)29(28-16)18-6-3-2-4-7-18)22(30)15-21-20-13-24-23(31-10-5-11-32-24)12-17(20)8-9-27-21/h2-4,6-7,12-15,27H,5,8-11H2,1H3. The zero-order valence-electron chi connectivity index (χ0n) is 18.3. The first-order valence-electron chi connectivity index (χ1n) is 11.1. The van der Waals surface area contributed by atoms with Gasteiger partial charge in [-0.25, -0.2) is 4.68 Å². The molecule has 6 nitrogen and oxygen atoms in total. The second-order valence-electron chi connectivity index (χ2n) is 8.27. The number of carbonyl (C=O) groups excluding carboxylic acids is 1. The molecular weight excluding hydrogens is 434 g/mol. The molecule has 0 aliphatic carbocycles. The molecule has 166 valence electrons. The highest BCUT2D eigenvalue weighted by Crippen LogP contribution is 2.37. The van der Waals surface area contributed by atoms with Crippen molar-refractivity contribution in [1.82, 2.24) is 15.1 Å². The van der Waals surface area contributed by atoms with Crippen LogP contribution in [0.4, 0.5) is 0 Å². The molecule has 0 bridgehead atoms. The molecule has 2 aromatic heterocycles. The number of ether oxygens (including phenoxy) is 2. The number of aryl methyl sites for hydroxylation is 1. The van der Waals surface area contributed by atoms with Gasteiger partial charge in [0.05, 0.1) is 29.5 Å². The molecule has 0 unspecified atom stereocenters. The van der Waals surface area contributed by atoms with Gasteiger partial charge in [-0.3, -0.25) is 4.79 Å². The van der Waals surface area contributed by atoms with Crippen LogP contribution < -0.4 is 14.8 Å². The van der Waals surface area contributed by atoms with Crippen LogP contribution in [0, 0.1) is 6.92 Å². The highest BCUT2D eigenvalue weighted by molar-refractivity contribution is 7.20. The molecule has 2 aromatic carbocycles. The van der Waals surface area contributed by atoms with Crippen LogP contribution in [0.2, 0.25) is 0 Å². The molecule has 0 atom stereocenters. The Morgan fingerprint density at radius 2 is 1.91 bits per heavy atom. The maximum absolute atomic E-state index is 13.3. The van der Waals surface area contributed by atoms with E-state index < -0.39 is 0 Å². The normalized spacial score (nSPS) is 16.3. The van der Waals surface area contributed by atoms with Gasteiger partial charge in [0.15, 0.2) is 17.3 Å². The van der Waals surface area contributed by atoms with E-state index in [4.69, 9.17) is 9.47 Å². The number of carbonyl (C=O) groups is 1. The smallest absolute Gasteiger partial charge is 0.197 e. The highest BCUT2D eigenvalue weighted by Gasteiger charge is 2.22. The molecule has 0 amide bonds.